The molecule has 0 saturated carbocycles. The van der Waals surface area contributed by atoms with Gasteiger partial charge in [-0.3, -0.25) is 14.6 Å². The predicted molar refractivity (Wildman–Crippen MR) is 119 cm³/mol. The zero-order valence-corrected chi connectivity index (χ0v) is 17.1. The Morgan fingerprint density at radius 2 is 2.07 bits per heavy atom. The van der Waals surface area contributed by atoms with Gasteiger partial charge in [0.25, 0.3) is 11.8 Å². The standard InChI is InChI=1S/C21H14N4O3S2/c26-19-18(30-21(29)24-19)10-12-5-6-17-16(9-12)25(7-8-28-17)20(27)15-11-22-13-3-1-2-4-14(13)23-15/h1-6,9-11H,7-8H2,(H,24,26,29). The maximum Gasteiger partial charge on any atom is 0.278 e. The quantitative estimate of drug-likeness (QED) is 0.490. The highest BCUT2D eigenvalue weighted by Crippen LogP contribution is 2.35. The first-order valence-corrected chi connectivity index (χ1v) is 10.4. The van der Waals surface area contributed by atoms with Crippen molar-refractivity contribution in [1.29, 1.82) is 0 Å². The molecule has 0 radical (unpaired) electrons. The van der Waals surface area contributed by atoms with Gasteiger partial charge in [0.1, 0.15) is 22.4 Å². The van der Waals surface area contributed by atoms with E-state index in [4.69, 9.17) is 17.0 Å². The van der Waals surface area contributed by atoms with Crippen molar-refractivity contribution in [3.63, 3.8) is 0 Å². The number of carbonyl (C=O) groups excluding carboxylic acids is 2. The number of hydrogen-bond donors (Lipinski definition) is 1. The molecule has 0 spiro atoms. The first-order chi connectivity index (χ1) is 14.6. The number of rotatable bonds is 2. The molecule has 2 aromatic carbocycles. The molecule has 7 nitrogen and oxygen atoms in total. The zero-order chi connectivity index (χ0) is 20.7. The third-order valence-electron chi connectivity index (χ3n) is 4.70. The number of fused-ring (bicyclic) bond motifs is 2. The lowest BCUT2D eigenvalue weighted by atomic mass is 10.1. The molecule has 0 unspecified atom stereocenters. The molecule has 1 N–H and O–H groups in total. The molecule has 3 heterocycles. The molecule has 0 bridgehead atoms. The fourth-order valence-electron chi connectivity index (χ4n) is 3.31. The summed E-state index contributed by atoms with van der Waals surface area (Å²) in [5.74, 6) is 0.125. The summed E-state index contributed by atoms with van der Waals surface area (Å²) in [7, 11) is 0. The van der Waals surface area contributed by atoms with E-state index in [1.807, 2.05) is 36.4 Å². The second kappa shape index (κ2) is 7.51. The Labute approximate surface area is 181 Å². The summed E-state index contributed by atoms with van der Waals surface area (Å²) in [6.45, 7) is 0.770. The second-order valence-electron chi connectivity index (χ2n) is 6.63. The maximum atomic E-state index is 13.2. The minimum atomic E-state index is -0.253. The molecule has 3 aromatic rings. The van der Waals surface area contributed by atoms with E-state index in [2.05, 4.69) is 15.3 Å². The van der Waals surface area contributed by atoms with Crippen LogP contribution in [0.2, 0.25) is 0 Å². The van der Waals surface area contributed by atoms with Crippen LogP contribution in [0.1, 0.15) is 16.1 Å². The van der Waals surface area contributed by atoms with Crippen molar-refractivity contribution < 1.29 is 14.3 Å². The van der Waals surface area contributed by atoms with Gasteiger partial charge in [0, 0.05) is 0 Å². The van der Waals surface area contributed by atoms with Crippen molar-refractivity contribution in [2.45, 2.75) is 0 Å². The van der Waals surface area contributed by atoms with Gasteiger partial charge >= 0.3 is 0 Å². The summed E-state index contributed by atoms with van der Waals surface area (Å²) in [5, 5.41) is 2.60. The second-order valence-corrected chi connectivity index (χ2v) is 8.35. The molecule has 1 saturated heterocycles. The number of hydrogen-bond acceptors (Lipinski definition) is 7. The predicted octanol–water partition coefficient (Wildman–Crippen LogP) is 3.16. The van der Waals surface area contributed by atoms with Crippen molar-refractivity contribution >= 4 is 62.9 Å². The Kier molecular flexibility index (Phi) is 4.68. The largest absolute Gasteiger partial charge is 0.490 e. The van der Waals surface area contributed by atoms with E-state index in [0.717, 1.165) is 11.1 Å². The number of para-hydroxylation sites is 2. The Morgan fingerprint density at radius 1 is 1.23 bits per heavy atom. The lowest BCUT2D eigenvalue weighted by Gasteiger charge is -2.29. The average Bonchev–Trinajstić information content (AvgIpc) is 3.09. The van der Waals surface area contributed by atoms with Crippen LogP contribution in [0.3, 0.4) is 0 Å². The molecule has 2 aliphatic rings. The monoisotopic (exact) mass is 434 g/mol. The van der Waals surface area contributed by atoms with E-state index >= 15 is 0 Å². The SMILES string of the molecule is O=C1NC(=S)SC1=Cc1ccc2c(c1)N(C(=O)c1cnc3ccccc3n1)CCO2. The normalized spacial score (nSPS) is 17.1. The third kappa shape index (κ3) is 3.42. The van der Waals surface area contributed by atoms with Crippen LogP contribution < -0.4 is 15.0 Å². The number of nitrogens with zero attached hydrogens (tertiary/aromatic N) is 3. The molecule has 5 rings (SSSR count). The first-order valence-electron chi connectivity index (χ1n) is 9.14. The van der Waals surface area contributed by atoms with Gasteiger partial charge < -0.3 is 15.0 Å². The summed E-state index contributed by atoms with van der Waals surface area (Å²) >= 11 is 6.24. The van der Waals surface area contributed by atoms with E-state index in [-0.39, 0.29) is 17.5 Å². The molecule has 9 heteroatoms. The van der Waals surface area contributed by atoms with Gasteiger partial charge in [-0.25, -0.2) is 4.98 Å². The number of thioether (sulfide) groups is 1. The molecule has 2 aliphatic heterocycles. The number of amides is 2. The smallest absolute Gasteiger partial charge is 0.278 e. The lowest BCUT2D eigenvalue weighted by molar-refractivity contribution is -0.115. The van der Waals surface area contributed by atoms with Crippen LogP contribution in [0.4, 0.5) is 5.69 Å². The van der Waals surface area contributed by atoms with Gasteiger partial charge in [0.05, 0.1) is 34.4 Å². The van der Waals surface area contributed by atoms with Gasteiger partial charge in [-0.2, -0.15) is 0 Å². The topological polar surface area (TPSA) is 84.4 Å². The number of benzene rings is 2. The van der Waals surface area contributed by atoms with E-state index in [9.17, 15) is 9.59 Å². The van der Waals surface area contributed by atoms with Crippen molar-refractivity contribution in [2.75, 3.05) is 18.1 Å². The van der Waals surface area contributed by atoms with Crippen LogP contribution in [-0.2, 0) is 4.79 Å². The molecule has 30 heavy (non-hydrogen) atoms. The fraction of sp³-hybridized carbons (Fsp3) is 0.0952. The molecular weight excluding hydrogens is 420 g/mol. The minimum absolute atomic E-state index is 0.224. The number of ether oxygens (including phenoxy) is 1. The Morgan fingerprint density at radius 3 is 2.87 bits per heavy atom. The third-order valence-corrected chi connectivity index (χ3v) is 5.86. The van der Waals surface area contributed by atoms with Crippen molar-refractivity contribution in [1.82, 2.24) is 15.3 Å². The molecule has 148 valence electrons. The van der Waals surface area contributed by atoms with Gasteiger partial charge in [0.15, 0.2) is 0 Å². The van der Waals surface area contributed by atoms with Crippen molar-refractivity contribution in [2.24, 2.45) is 0 Å². The van der Waals surface area contributed by atoms with E-state index in [0.29, 0.717) is 39.3 Å². The molecule has 2 amide bonds. The van der Waals surface area contributed by atoms with E-state index in [1.165, 1.54) is 18.0 Å². The first kappa shape index (κ1) is 18.7. The molecule has 1 aromatic heterocycles. The lowest BCUT2D eigenvalue weighted by Crippen LogP contribution is -2.38. The van der Waals surface area contributed by atoms with Crippen LogP contribution in [0, 0.1) is 0 Å². The van der Waals surface area contributed by atoms with Crippen molar-refractivity contribution in [3.8, 4) is 5.75 Å². The summed E-state index contributed by atoms with van der Waals surface area (Å²) in [6, 6.07) is 12.9. The fourth-order valence-corrected chi connectivity index (χ4v) is 4.35. The van der Waals surface area contributed by atoms with Gasteiger partial charge in [-0.05, 0) is 35.9 Å². The molecular formula is C21H14N4O3S2. The van der Waals surface area contributed by atoms with Crippen molar-refractivity contribution in [3.05, 3.63) is 64.8 Å². The summed E-state index contributed by atoms with van der Waals surface area (Å²) in [4.78, 5) is 36.1. The maximum absolute atomic E-state index is 13.2. The highest BCUT2D eigenvalue weighted by Gasteiger charge is 2.27. The summed E-state index contributed by atoms with van der Waals surface area (Å²) in [5.41, 5.74) is 3.05. The number of carbonyl (C=O) groups is 2. The van der Waals surface area contributed by atoms with Crippen LogP contribution in [0.15, 0.2) is 53.6 Å². The Bertz CT molecular complexity index is 1260. The molecule has 0 aliphatic carbocycles. The van der Waals surface area contributed by atoms with Crippen LogP contribution in [0.25, 0.3) is 17.1 Å². The van der Waals surface area contributed by atoms with Gasteiger partial charge in [-0.15, -0.1) is 0 Å². The Hall–Kier alpha value is -3.30. The van der Waals surface area contributed by atoms with Crippen LogP contribution in [0.5, 0.6) is 5.75 Å². The van der Waals surface area contributed by atoms with Crippen LogP contribution >= 0.6 is 24.0 Å². The van der Waals surface area contributed by atoms with E-state index in [1.54, 1.807) is 17.0 Å². The van der Waals surface area contributed by atoms with Crippen LogP contribution in [-0.4, -0.2) is 39.3 Å². The highest BCUT2D eigenvalue weighted by molar-refractivity contribution is 8.26. The summed E-state index contributed by atoms with van der Waals surface area (Å²) < 4.78 is 6.15. The van der Waals surface area contributed by atoms with Gasteiger partial charge in [0.2, 0.25) is 0 Å². The Balaban J connectivity index is 1.50. The zero-order valence-electron chi connectivity index (χ0n) is 15.5. The molecule has 1 fully saturated rings. The minimum Gasteiger partial charge on any atom is -0.490 e. The number of aromatic nitrogens is 2. The summed E-state index contributed by atoms with van der Waals surface area (Å²) in [6.07, 6.45) is 3.23. The molecule has 0 atom stereocenters. The number of nitrogens with one attached hydrogen (secondary N) is 1. The number of thiocarbonyl (C=S) groups is 1. The number of anilines is 1. The van der Waals surface area contributed by atoms with E-state index < -0.39 is 0 Å². The average molecular weight is 435 g/mol. The highest BCUT2D eigenvalue weighted by atomic mass is 32.2. The van der Waals surface area contributed by atoms with Gasteiger partial charge in [-0.1, -0.05) is 42.2 Å².